The minimum Gasteiger partial charge on any atom is -0.497 e. The number of anilines is 1. The van der Waals surface area contributed by atoms with Gasteiger partial charge in [-0.05, 0) is 24.3 Å². The Bertz CT molecular complexity index is 1230. The zero-order chi connectivity index (χ0) is 19.7. The lowest BCUT2D eigenvalue weighted by molar-refractivity contribution is 0.102. The van der Waals surface area contributed by atoms with Gasteiger partial charge >= 0.3 is 0 Å². The van der Waals surface area contributed by atoms with E-state index >= 15 is 0 Å². The second kappa shape index (κ2) is 6.99. The highest BCUT2D eigenvalue weighted by Gasteiger charge is 2.22. The maximum Gasteiger partial charge on any atom is 0.279 e. The Morgan fingerprint density at radius 1 is 1.11 bits per heavy atom. The molecule has 8 nitrogen and oxygen atoms in total. The Balaban J connectivity index is 1.84. The number of nitrogens with zero attached hydrogens (tertiary/aromatic N) is 4. The number of hydrogen-bond donors (Lipinski definition) is 1. The average Bonchev–Trinajstić information content (AvgIpc) is 3.12. The molecule has 0 fully saturated rings. The second-order valence-electron chi connectivity index (χ2n) is 6.14. The van der Waals surface area contributed by atoms with E-state index in [0.717, 1.165) is 0 Å². The fourth-order valence-corrected chi connectivity index (χ4v) is 2.89. The SMILES string of the molecule is COc1cccc(NC(=O)c2nn(-c3ccccc3)c3c(=O)n(C)cnc23)c1. The monoisotopic (exact) mass is 375 g/mol. The summed E-state index contributed by atoms with van der Waals surface area (Å²) in [4.78, 5) is 29.9. The van der Waals surface area contributed by atoms with Crippen LogP contribution in [0.5, 0.6) is 5.75 Å². The van der Waals surface area contributed by atoms with E-state index in [0.29, 0.717) is 17.1 Å². The number of amides is 1. The van der Waals surface area contributed by atoms with Crippen molar-refractivity contribution in [2.24, 2.45) is 7.05 Å². The highest BCUT2D eigenvalue weighted by Crippen LogP contribution is 2.21. The van der Waals surface area contributed by atoms with Gasteiger partial charge in [0.05, 0.1) is 19.1 Å². The van der Waals surface area contributed by atoms with Crippen LogP contribution in [-0.2, 0) is 7.05 Å². The summed E-state index contributed by atoms with van der Waals surface area (Å²) in [7, 11) is 3.16. The molecule has 140 valence electrons. The number of carbonyl (C=O) groups is 1. The van der Waals surface area contributed by atoms with Crippen molar-refractivity contribution in [3.05, 3.63) is 77.0 Å². The molecule has 0 saturated carbocycles. The van der Waals surface area contributed by atoms with Crippen molar-refractivity contribution in [1.29, 1.82) is 0 Å². The van der Waals surface area contributed by atoms with Crippen LogP contribution in [0.2, 0.25) is 0 Å². The number of carbonyl (C=O) groups excluding carboxylic acids is 1. The Kier molecular flexibility index (Phi) is 4.36. The zero-order valence-corrected chi connectivity index (χ0v) is 15.3. The highest BCUT2D eigenvalue weighted by molar-refractivity contribution is 6.10. The van der Waals surface area contributed by atoms with Gasteiger partial charge in [-0.1, -0.05) is 24.3 Å². The molecule has 1 N–H and O–H groups in total. The first kappa shape index (κ1) is 17.5. The van der Waals surface area contributed by atoms with Crippen molar-refractivity contribution in [1.82, 2.24) is 19.3 Å². The standard InChI is InChI=1S/C20H17N5O3/c1-24-12-21-16-17(19(26)22-13-7-6-10-15(11-13)28-2)23-25(18(16)20(24)27)14-8-4-3-5-9-14/h3-12H,1-2H3,(H,22,26). The molecule has 8 heteroatoms. The minimum absolute atomic E-state index is 0.0689. The van der Waals surface area contributed by atoms with Gasteiger partial charge in [-0.2, -0.15) is 5.10 Å². The van der Waals surface area contributed by atoms with Crippen molar-refractivity contribution < 1.29 is 9.53 Å². The molecule has 0 atom stereocenters. The van der Waals surface area contributed by atoms with Crippen LogP contribution in [0.25, 0.3) is 16.7 Å². The molecule has 1 amide bonds. The van der Waals surface area contributed by atoms with E-state index in [-0.39, 0.29) is 22.3 Å². The lowest BCUT2D eigenvalue weighted by atomic mass is 10.2. The fourth-order valence-electron chi connectivity index (χ4n) is 2.89. The van der Waals surface area contributed by atoms with Crippen molar-refractivity contribution in [3.63, 3.8) is 0 Å². The summed E-state index contributed by atoms with van der Waals surface area (Å²) in [6.07, 6.45) is 1.38. The van der Waals surface area contributed by atoms with Crippen LogP contribution < -0.4 is 15.6 Å². The molecule has 0 spiro atoms. The molecule has 2 aromatic carbocycles. The highest BCUT2D eigenvalue weighted by atomic mass is 16.5. The van der Waals surface area contributed by atoms with Crippen molar-refractivity contribution in [2.45, 2.75) is 0 Å². The molecule has 0 saturated heterocycles. The normalized spacial score (nSPS) is 10.8. The van der Waals surface area contributed by atoms with Crippen molar-refractivity contribution in [3.8, 4) is 11.4 Å². The smallest absolute Gasteiger partial charge is 0.279 e. The Labute approximate surface area is 160 Å². The lowest BCUT2D eigenvalue weighted by Crippen LogP contribution is -2.19. The lowest BCUT2D eigenvalue weighted by Gasteiger charge is -2.05. The summed E-state index contributed by atoms with van der Waals surface area (Å²) >= 11 is 0. The predicted molar refractivity (Wildman–Crippen MR) is 105 cm³/mol. The van der Waals surface area contributed by atoms with Gasteiger partial charge in [0.25, 0.3) is 11.5 Å². The summed E-state index contributed by atoms with van der Waals surface area (Å²) in [5, 5.41) is 7.18. The van der Waals surface area contributed by atoms with Gasteiger partial charge < -0.3 is 14.6 Å². The van der Waals surface area contributed by atoms with Crippen LogP contribution in [0, 0.1) is 0 Å². The van der Waals surface area contributed by atoms with Crippen LogP contribution in [0.3, 0.4) is 0 Å². The number of aryl methyl sites for hydroxylation is 1. The topological polar surface area (TPSA) is 91.0 Å². The maximum absolute atomic E-state index is 12.9. The van der Waals surface area contributed by atoms with Crippen LogP contribution in [-0.4, -0.2) is 32.3 Å². The molecule has 0 radical (unpaired) electrons. The summed E-state index contributed by atoms with van der Waals surface area (Å²) in [6.45, 7) is 0. The van der Waals surface area contributed by atoms with E-state index in [1.807, 2.05) is 30.3 Å². The molecule has 4 rings (SSSR count). The largest absolute Gasteiger partial charge is 0.497 e. The molecule has 0 aliphatic rings. The Morgan fingerprint density at radius 2 is 1.89 bits per heavy atom. The van der Waals surface area contributed by atoms with E-state index in [1.165, 1.54) is 15.6 Å². The summed E-state index contributed by atoms with van der Waals surface area (Å²) in [6, 6.07) is 16.1. The average molecular weight is 375 g/mol. The van der Waals surface area contributed by atoms with E-state index in [2.05, 4.69) is 15.4 Å². The summed E-state index contributed by atoms with van der Waals surface area (Å²) in [5.41, 5.74) is 1.48. The van der Waals surface area contributed by atoms with Crippen LogP contribution in [0.1, 0.15) is 10.5 Å². The number of rotatable bonds is 4. The third-order valence-electron chi connectivity index (χ3n) is 4.29. The van der Waals surface area contributed by atoms with E-state index in [9.17, 15) is 9.59 Å². The van der Waals surface area contributed by atoms with Crippen LogP contribution in [0.15, 0.2) is 65.7 Å². The Hall–Kier alpha value is -3.94. The second-order valence-corrected chi connectivity index (χ2v) is 6.14. The van der Waals surface area contributed by atoms with Crippen molar-refractivity contribution in [2.75, 3.05) is 12.4 Å². The number of nitrogens with one attached hydrogen (secondary N) is 1. The van der Waals surface area contributed by atoms with Crippen molar-refractivity contribution >= 4 is 22.6 Å². The first-order valence-electron chi connectivity index (χ1n) is 8.53. The predicted octanol–water partition coefficient (Wildman–Crippen LogP) is 2.38. The molecular weight excluding hydrogens is 358 g/mol. The molecule has 4 aromatic rings. The zero-order valence-electron chi connectivity index (χ0n) is 15.3. The van der Waals surface area contributed by atoms with E-state index < -0.39 is 5.91 Å². The third kappa shape index (κ3) is 3.01. The van der Waals surface area contributed by atoms with E-state index in [1.54, 1.807) is 38.4 Å². The first-order chi connectivity index (χ1) is 13.6. The fraction of sp³-hybridized carbons (Fsp3) is 0.100. The molecule has 2 heterocycles. The van der Waals surface area contributed by atoms with Gasteiger partial charge in [-0.15, -0.1) is 0 Å². The summed E-state index contributed by atoms with van der Waals surface area (Å²) < 4.78 is 7.98. The molecule has 2 aromatic heterocycles. The third-order valence-corrected chi connectivity index (χ3v) is 4.29. The van der Waals surface area contributed by atoms with E-state index in [4.69, 9.17) is 4.74 Å². The maximum atomic E-state index is 12.9. The number of hydrogen-bond acceptors (Lipinski definition) is 5. The molecule has 28 heavy (non-hydrogen) atoms. The number of fused-ring (bicyclic) bond motifs is 1. The minimum atomic E-state index is -0.464. The summed E-state index contributed by atoms with van der Waals surface area (Å²) in [5.74, 6) is 0.151. The number of ether oxygens (including phenoxy) is 1. The molecule has 0 aliphatic carbocycles. The molecule has 0 bridgehead atoms. The van der Waals surface area contributed by atoms with Crippen LogP contribution >= 0.6 is 0 Å². The number of methoxy groups -OCH3 is 1. The number of para-hydroxylation sites is 1. The van der Waals surface area contributed by atoms with Gasteiger partial charge in [-0.25, -0.2) is 9.67 Å². The number of aromatic nitrogens is 4. The Morgan fingerprint density at radius 3 is 2.64 bits per heavy atom. The molecule has 0 aliphatic heterocycles. The molecule has 0 unspecified atom stereocenters. The number of benzene rings is 2. The van der Waals surface area contributed by atoms with Gasteiger partial charge in [0, 0.05) is 18.8 Å². The first-order valence-corrected chi connectivity index (χ1v) is 8.53. The quantitative estimate of drug-likeness (QED) is 0.591. The van der Waals surface area contributed by atoms with Gasteiger partial charge in [-0.3, -0.25) is 9.59 Å². The van der Waals surface area contributed by atoms with Gasteiger partial charge in [0.1, 0.15) is 11.3 Å². The van der Waals surface area contributed by atoms with Crippen LogP contribution in [0.4, 0.5) is 5.69 Å². The molecular formula is C20H17N5O3. The van der Waals surface area contributed by atoms with Gasteiger partial charge in [0.15, 0.2) is 11.2 Å². The van der Waals surface area contributed by atoms with Gasteiger partial charge in [0.2, 0.25) is 0 Å².